The molecular formula is C22H28N4O3. The summed E-state index contributed by atoms with van der Waals surface area (Å²) in [4.78, 5) is 31.5. The van der Waals surface area contributed by atoms with Crippen molar-refractivity contribution >= 4 is 11.8 Å². The van der Waals surface area contributed by atoms with Crippen molar-refractivity contribution in [2.45, 2.75) is 50.5 Å². The van der Waals surface area contributed by atoms with Crippen LogP contribution in [0.25, 0.3) is 11.4 Å². The molecule has 2 fully saturated rings. The molecule has 2 aliphatic carbocycles. The van der Waals surface area contributed by atoms with Gasteiger partial charge in [0.25, 0.3) is 0 Å². The molecule has 1 N–H and O–H groups in total. The van der Waals surface area contributed by atoms with E-state index in [4.69, 9.17) is 4.52 Å². The third-order valence-electron chi connectivity index (χ3n) is 6.20. The van der Waals surface area contributed by atoms with Crippen molar-refractivity contribution in [3.8, 4) is 11.4 Å². The van der Waals surface area contributed by atoms with Crippen LogP contribution in [0.3, 0.4) is 0 Å². The number of carbonyl (C=O) groups excluding carboxylic acids is 2. The molecule has 0 saturated heterocycles. The second kappa shape index (κ2) is 8.35. The van der Waals surface area contributed by atoms with E-state index in [2.05, 4.69) is 15.5 Å². The highest BCUT2D eigenvalue weighted by molar-refractivity contribution is 5.81. The van der Waals surface area contributed by atoms with Crippen LogP contribution in [-0.4, -0.2) is 47.0 Å². The average molecular weight is 396 g/mol. The monoisotopic (exact) mass is 396 g/mol. The Bertz CT molecular complexity index is 858. The Morgan fingerprint density at radius 1 is 1.07 bits per heavy atom. The van der Waals surface area contributed by atoms with Crippen molar-refractivity contribution in [1.29, 1.82) is 0 Å². The molecule has 2 aliphatic rings. The van der Waals surface area contributed by atoms with E-state index in [-0.39, 0.29) is 35.6 Å². The van der Waals surface area contributed by atoms with E-state index >= 15 is 0 Å². The molecule has 0 aliphatic heterocycles. The molecule has 1 aromatic carbocycles. The van der Waals surface area contributed by atoms with Gasteiger partial charge in [-0.15, -0.1) is 0 Å². The standard InChI is InChI=1S/C22H28N4O3/c1-26(2)22(28)16-12-17(18(13-16)23-20(27)15-10-6-7-11-15)21-24-19(25-29-21)14-8-4-3-5-9-14/h3-5,8-9,15-18H,6-7,10-13H2,1-2H3,(H,23,27)/t16-,17-,18+/m1/s1. The largest absolute Gasteiger partial charge is 0.352 e. The van der Waals surface area contributed by atoms with Crippen LogP contribution in [0, 0.1) is 11.8 Å². The summed E-state index contributed by atoms with van der Waals surface area (Å²) in [6.07, 6.45) is 5.31. The summed E-state index contributed by atoms with van der Waals surface area (Å²) in [7, 11) is 3.53. The Kier molecular flexibility index (Phi) is 5.65. The van der Waals surface area contributed by atoms with Crippen molar-refractivity contribution in [3.63, 3.8) is 0 Å². The van der Waals surface area contributed by atoms with Gasteiger partial charge in [0, 0.05) is 37.5 Å². The van der Waals surface area contributed by atoms with Crippen LogP contribution in [0.1, 0.15) is 50.3 Å². The minimum absolute atomic E-state index is 0.0791. The van der Waals surface area contributed by atoms with Crippen molar-refractivity contribution in [1.82, 2.24) is 20.4 Å². The Labute approximate surface area is 170 Å². The van der Waals surface area contributed by atoms with Crippen molar-refractivity contribution in [3.05, 3.63) is 36.2 Å². The van der Waals surface area contributed by atoms with E-state index in [9.17, 15) is 9.59 Å². The van der Waals surface area contributed by atoms with Crippen LogP contribution in [0.2, 0.25) is 0 Å². The molecule has 7 heteroatoms. The number of amides is 2. The van der Waals surface area contributed by atoms with Crippen molar-refractivity contribution < 1.29 is 14.1 Å². The lowest BCUT2D eigenvalue weighted by Crippen LogP contribution is -2.40. The number of hydrogen-bond acceptors (Lipinski definition) is 5. The van der Waals surface area contributed by atoms with Gasteiger partial charge in [0.1, 0.15) is 0 Å². The van der Waals surface area contributed by atoms with Gasteiger partial charge >= 0.3 is 0 Å². The molecule has 0 radical (unpaired) electrons. The van der Waals surface area contributed by atoms with Gasteiger partial charge in [-0.05, 0) is 25.7 Å². The highest BCUT2D eigenvalue weighted by atomic mass is 16.5. The summed E-state index contributed by atoms with van der Waals surface area (Å²) in [6, 6.07) is 9.49. The molecule has 3 atom stereocenters. The molecule has 1 heterocycles. The second-order valence-corrected chi connectivity index (χ2v) is 8.43. The second-order valence-electron chi connectivity index (χ2n) is 8.43. The lowest BCUT2D eigenvalue weighted by atomic mass is 10.0. The quantitative estimate of drug-likeness (QED) is 0.839. The molecule has 2 saturated carbocycles. The minimum Gasteiger partial charge on any atom is -0.352 e. The van der Waals surface area contributed by atoms with E-state index in [0.29, 0.717) is 24.6 Å². The first-order chi connectivity index (χ1) is 14.0. The van der Waals surface area contributed by atoms with Crippen molar-refractivity contribution in [2.24, 2.45) is 11.8 Å². The van der Waals surface area contributed by atoms with Gasteiger partial charge in [0.15, 0.2) is 0 Å². The van der Waals surface area contributed by atoms with Gasteiger partial charge in [0.05, 0.1) is 5.92 Å². The third-order valence-corrected chi connectivity index (χ3v) is 6.20. The molecule has 2 aromatic rings. The fourth-order valence-corrected chi connectivity index (χ4v) is 4.62. The zero-order valence-corrected chi connectivity index (χ0v) is 17.0. The van der Waals surface area contributed by atoms with Crippen LogP contribution in [0.5, 0.6) is 0 Å². The average Bonchev–Trinajstić information content (AvgIpc) is 3.48. The van der Waals surface area contributed by atoms with Gasteiger partial charge < -0.3 is 14.7 Å². The molecule has 7 nitrogen and oxygen atoms in total. The van der Waals surface area contributed by atoms with Crippen LogP contribution >= 0.6 is 0 Å². The summed E-state index contributed by atoms with van der Waals surface area (Å²) in [6.45, 7) is 0. The van der Waals surface area contributed by atoms with Crippen LogP contribution in [0.15, 0.2) is 34.9 Å². The summed E-state index contributed by atoms with van der Waals surface area (Å²) in [5, 5.41) is 7.34. The fraction of sp³-hybridized carbons (Fsp3) is 0.545. The molecule has 0 bridgehead atoms. The molecule has 0 spiro atoms. The van der Waals surface area contributed by atoms with E-state index in [1.165, 1.54) is 0 Å². The predicted molar refractivity (Wildman–Crippen MR) is 108 cm³/mol. The minimum atomic E-state index is -0.166. The van der Waals surface area contributed by atoms with Gasteiger partial charge in [0.2, 0.25) is 23.5 Å². The molecular weight excluding hydrogens is 368 g/mol. The normalized spacial score (nSPS) is 24.6. The number of rotatable bonds is 5. The first kappa shape index (κ1) is 19.6. The molecule has 29 heavy (non-hydrogen) atoms. The Balaban J connectivity index is 1.55. The number of nitrogens with zero attached hydrogens (tertiary/aromatic N) is 3. The molecule has 4 rings (SSSR count). The Morgan fingerprint density at radius 3 is 2.48 bits per heavy atom. The summed E-state index contributed by atoms with van der Waals surface area (Å²) in [5.74, 6) is 0.976. The highest BCUT2D eigenvalue weighted by Gasteiger charge is 2.43. The summed E-state index contributed by atoms with van der Waals surface area (Å²) in [5.41, 5.74) is 0.882. The maximum absolute atomic E-state index is 12.7. The van der Waals surface area contributed by atoms with E-state index in [0.717, 1.165) is 31.2 Å². The van der Waals surface area contributed by atoms with E-state index in [1.54, 1.807) is 19.0 Å². The summed E-state index contributed by atoms with van der Waals surface area (Å²) < 4.78 is 5.59. The lowest BCUT2D eigenvalue weighted by molar-refractivity contribution is -0.133. The third kappa shape index (κ3) is 4.18. The number of hydrogen-bond donors (Lipinski definition) is 1. The Hall–Kier alpha value is -2.70. The lowest BCUT2D eigenvalue weighted by Gasteiger charge is -2.20. The molecule has 2 amide bonds. The van der Waals surface area contributed by atoms with Crippen LogP contribution < -0.4 is 5.32 Å². The topological polar surface area (TPSA) is 88.3 Å². The van der Waals surface area contributed by atoms with Crippen LogP contribution in [0.4, 0.5) is 0 Å². The maximum Gasteiger partial charge on any atom is 0.232 e. The predicted octanol–water partition coefficient (Wildman–Crippen LogP) is 2.99. The number of nitrogens with one attached hydrogen (secondary N) is 1. The molecule has 1 aromatic heterocycles. The zero-order chi connectivity index (χ0) is 20.4. The highest BCUT2D eigenvalue weighted by Crippen LogP contribution is 2.40. The van der Waals surface area contributed by atoms with Gasteiger partial charge in [-0.1, -0.05) is 48.3 Å². The van der Waals surface area contributed by atoms with Gasteiger partial charge in [-0.2, -0.15) is 4.98 Å². The smallest absolute Gasteiger partial charge is 0.232 e. The van der Waals surface area contributed by atoms with Crippen LogP contribution in [-0.2, 0) is 9.59 Å². The van der Waals surface area contributed by atoms with E-state index in [1.807, 2.05) is 30.3 Å². The van der Waals surface area contributed by atoms with Gasteiger partial charge in [-0.25, -0.2) is 0 Å². The number of aromatic nitrogens is 2. The summed E-state index contributed by atoms with van der Waals surface area (Å²) >= 11 is 0. The first-order valence-corrected chi connectivity index (χ1v) is 10.4. The SMILES string of the molecule is CN(C)C(=O)[C@H]1C[C@H](NC(=O)C2CCCC2)[C@H](c2nc(-c3ccccc3)no2)C1. The van der Waals surface area contributed by atoms with E-state index < -0.39 is 0 Å². The first-order valence-electron chi connectivity index (χ1n) is 10.4. The zero-order valence-electron chi connectivity index (χ0n) is 17.0. The van der Waals surface area contributed by atoms with Crippen molar-refractivity contribution in [2.75, 3.05) is 14.1 Å². The molecule has 154 valence electrons. The fourth-order valence-electron chi connectivity index (χ4n) is 4.62. The number of carbonyl (C=O) groups is 2. The van der Waals surface area contributed by atoms with Gasteiger partial charge in [-0.3, -0.25) is 9.59 Å². The maximum atomic E-state index is 12.7. The molecule has 0 unspecified atom stereocenters. The Morgan fingerprint density at radius 2 is 1.79 bits per heavy atom. The number of benzene rings is 1.